The van der Waals surface area contributed by atoms with Gasteiger partial charge in [0.05, 0.1) is 11.4 Å². The maximum atomic E-state index is 12.5. The van der Waals surface area contributed by atoms with Crippen molar-refractivity contribution in [1.82, 2.24) is 9.78 Å². The molecule has 7 nitrogen and oxygen atoms in total. The summed E-state index contributed by atoms with van der Waals surface area (Å²) in [6.07, 6.45) is 0. The molecule has 1 aromatic heterocycles. The highest BCUT2D eigenvalue weighted by Crippen LogP contribution is 2.39. The van der Waals surface area contributed by atoms with Gasteiger partial charge >= 0.3 is 0 Å². The third-order valence-electron chi connectivity index (χ3n) is 3.03. The maximum Gasteiger partial charge on any atom is 0.246 e. The van der Waals surface area contributed by atoms with Crippen LogP contribution in [0.3, 0.4) is 0 Å². The summed E-state index contributed by atoms with van der Waals surface area (Å²) in [4.78, 5) is -0.957. The van der Waals surface area contributed by atoms with E-state index in [1.165, 1.54) is 24.6 Å². The quantitative estimate of drug-likeness (QED) is 0.838. The van der Waals surface area contributed by atoms with Gasteiger partial charge in [-0.25, -0.2) is 8.42 Å². The van der Waals surface area contributed by atoms with Gasteiger partial charge in [-0.05, 0) is 13.8 Å². The second kappa shape index (κ2) is 4.79. The molecule has 4 radical (unpaired) electrons. The molecule has 1 aromatic carbocycles. The topological polar surface area (TPSA) is 116 Å². The van der Waals surface area contributed by atoms with Crippen LogP contribution in [0.15, 0.2) is 9.79 Å². The number of hydrogen-bond acceptors (Lipinski definition) is 4. The summed E-state index contributed by atoms with van der Waals surface area (Å²) in [5.74, 6) is -2.48. The molecule has 0 saturated carbocycles. The van der Waals surface area contributed by atoms with E-state index in [0.29, 0.717) is 5.69 Å². The monoisotopic (exact) mass is 303 g/mol. The van der Waals surface area contributed by atoms with E-state index in [4.69, 9.17) is 5.26 Å². The van der Waals surface area contributed by atoms with E-state index in [2.05, 4.69) is 17.2 Å². The van der Waals surface area contributed by atoms with Crippen LogP contribution in [0.2, 0.25) is 0 Å². The summed E-state index contributed by atoms with van der Waals surface area (Å²) in [5, 5.41) is 36.1. The first-order valence-electron chi connectivity index (χ1n) is 5.72. The zero-order chi connectivity index (χ0) is 15.9. The molecule has 106 valence electrons. The van der Waals surface area contributed by atoms with E-state index in [0.717, 1.165) is 0 Å². The molecule has 8 heteroatoms. The largest absolute Gasteiger partial charge is 0.284 e. The molecule has 0 aliphatic carbocycles. The number of aromatic nitrogens is 2. The molecule has 1 heterocycles. The molecule has 0 saturated heterocycles. The fourth-order valence-corrected chi connectivity index (χ4v) is 3.64. The van der Waals surface area contributed by atoms with Crippen LogP contribution in [0.25, 0.3) is 0 Å². The maximum absolute atomic E-state index is 12.5. The molecule has 0 N–H and O–H groups in total. The molecule has 2 aromatic rings. The van der Waals surface area contributed by atoms with Gasteiger partial charge in [-0.15, -0.1) is 0 Å². The molecular formula is C13H9N3O4S. The fraction of sp³-hybridized carbons (Fsp3) is 0.231. The fourth-order valence-electron chi connectivity index (χ4n) is 1.96. The summed E-state index contributed by atoms with van der Waals surface area (Å²) in [6, 6.07) is 5.70. The molecule has 0 aliphatic heterocycles. The van der Waals surface area contributed by atoms with Crippen molar-refractivity contribution in [2.24, 2.45) is 7.05 Å². The molecule has 2 rings (SSSR count). The summed E-state index contributed by atoms with van der Waals surface area (Å²) in [7, 11) is -2.69. The van der Waals surface area contributed by atoms with Crippen LogP contribution >= 0.6 is 0 Å². The first kappa shape index (κ1) is 14.9. The second-order valence-corrected chi connectivity index (χ2v) is 6.17. The minimum Gasteiger partial charge on any atom is -0.284 e. The Labute approximate surface area is 121 Å². The van der Waals surface area contributed by atoms with Crippen LogP contribution in [-0.2, 0) is 27.1 Å². The lowest BCUT2D eigenvalue weighted by molar-refractivity contribution is 0.279. The molecule has 0 atom stereocenters. The van der Waals surface area contributed by atoms with Crippen LogP contribution < -0.4 is 0 Å². The Balaban J connectivity index is 2.78. The highest BCUT2D eigenvalue weighted by Gasteiger charge is 2.32. The molecule has 0 fully saturated rings. The van der Waals surface area contributed by atoms with E-state index in [9.17, 15) is 18.6 Å². The normalized spacial score (nSPS) is 11.3. The van der Waals surface area contributed by atoms with Crippen molar-refractivity contribution in [2.75, 3.05) is 0 Å². The smallest absolute Gasteiger partial charge is 0.246 e. The second-order valence-electron chi connectivity index (χ2n) is 4.35. The van der Waals surface area contributed by atoms with Gasteiger partial charge in [-0.2, -0.15) is 10.4 Å². The van der Waals surface area contributed by atoms with Crippen LogP contribution in [0.5, 0.6) is 11.5 Å². The number of hydrogen-bond donors (Lipinski definition) is 0. The lowest BCUT2D eigenvalue weighted by Crippen LogP contribution is -2.06. The van der Waals surface area contributed by atoms with Crippen molar-refractivity contribution in [3.05, 3.63) is 29.1 Å². The molecule has 0 bridgehead atoms. The van der Waals surface area contributed by atoms with Crippen molar-refractivity contribution in [3.8, 4) is 17.6 Å². The van der Waals surface area contributed by atoms with Crippen LogP contribution in [-0.4, -0.2) is 18.2 Å². The van der Waals surface area contributed by atoms with E-state index in [-0.39, 0.29) is 10.6 Å². The van der Waals surface area contributed by atoms with Gasteiger partial charge in [0.25, 0.3) is 0 Å². The van der Waals surface area contributed by atoms with Gasteiger partial charge in [-0.1, -0.05) is 0 Å². The Morgan fingerprint density at radius 1 is 1.19 bits per heavy atom. The Kier molecular flexibility index (Phi) is 3.39. The zero-order valence-corrected chi connectivity index (χ0v) is 12.2. The van der Waals surface area contributed by atoms with Crippen molar-refractivity contribution in [3.63, 3.8) is 0 Å². The molecule has 0 aliphatic rings. The van der Waals surface area contributed by atoms with Crippen LogP contribution in [0.4, 0.5) is 0 Å². The lowest BCUT2D eigenvalue weighted by Gasteiger charge is -2.06. The molecule has 0 amide bonds. The van der Waals surface area contributed by atoms with Crippen molar-refractivity contribution < 1.29 is 18.6 Å². The number of nitrogens with zero attached hydrogens (tertiary/aromatic N) is 3. The summed E-state index contributed by atoms with van der Waals surface area (Å²) in [6.45, 7) is 3.01. The zero-order valence-electron chi connectivity index (χ0n) is 11.4. The number of benzene rings is 1. The molecule has 0 spiro atoms. The highest BCUT2D eigenvalue weighted by atomic mass is 32.2. The van der Waals surface area contributed by atoms with Crippen LogP contribution in [0, 0.1) is 37.3 Å². The molecule has 0 unspecified atom stereocenters. The van der Waals surface area contributed by atoms with Crippen LogP contribution in [0.1, 0.15) is 17.0 Å². The average Bonchev–Trinajstić information content (AvgIpc) is 2.66. The lowest BCUT2D eigenvalue weighted by atomic mass is 10.2. The third kappa shape index (κ3) is 2.11. The van der Waals surface area contributed by atoms with Crippen molar-refractivity contribution in [1.29, 1.82) is 5.26 Å². The van der Waals surface area contributed by atoms with E-state index in [1.54, 1.807) is 7.05 Å². The summed E-state index contributed by atoms with van der Waals surface area (Å²) in [5.41, 5.74) is -0.0182. The van der Waals surface area contributed by atoms with Gasteiger partial charge in [0.2, 0.25) is 21.3 Å². The standard InChI is InChI=1S/C13H9N3O4S/c1-7-13(8(2)16(3)15-7)21(19,20)10-5-4-9(6-14)11(17)12(10)18/h1-3H3. The molecule has 21 heavy (non-hydrogen) atoms. The molecular weight excluding hydrogens is 294 g/mol. The average molecular weight is 303 g/mol. The van der Waals surface area contributed by atoms with Gasteiger partial charge in [0, 0.05) is 19.2 Å². The predicted octanol–water partition coefficient (Wildman–Crippen LogP) is 1.63. The third-order valence-corrected chi connectivity index (χ3v) is 4.99. The van der Waals surface area contributed by atoms with Crippen molar-refractivity contribution in [2.45, 2.75) is 23.6 Å². The first-order chi connectivity index (χ1) is 9.71. The minimum atomic E-state index is -4.25. The summed E-state index contributed by atoms with van der Waals surface area (Å²) < 4.78 is 26.4. The van der Waals surface area contributed by atoms with Gasteiger partial charge in [0.15, 0.2) is 0 Å². The van der Waals surface area contributed by atoms with Gasteiger partial charge < -0.3 is 0 Å². The van der Waals surface area contributed by atoms with E-state index < -0.39 is 31.8 Å². The van der Waals surface area contributed by atoms with Crippen molar-refractivity contribution >= 4 is 9.84 Å². The highest BCUT2D eigenvalue weighted by molar-refractivity contribution is 7.91. The van der Waals surface area contributed by atoms with E-state index in [1.807, 2.05) is 0 Å². The number of nitriles is 1. The number of aryl methyl sites for hydroxylation is 2. The SMILES string of the molecule is Cc1nn(C)c(C)c1S(=O)(=O)c1[c][c]c(C#N)c([O])c1[O]. The Hall–Kier alpha value is -2.53. The first-order valence-corrected chi connectivity index (χ1v) is 7.20. The number of rotatable bonds is 2. The van der Waals surface area contributed by atoms with Gasteiger partial charge in [-0.3, -0.25) is 14.9 Å². The van der Waals surface area contributed by atoms with E-state index >= 15 is 0 Å². The number of sulfone groups is 1. The Bertz CT molecular complexity index is 876. The Morgan fingerprint density at radius 2 is 1.81 bits per heavy atom. The minimum absolute atomic E-state index is 0.143. The Morgan fingerprint density at radius 3 is 2.29 bits per heavy atom. The predicted molar refractivity (Wildman–Crippen MR) is 67.2 cm³/mol. The summed E-state index contributed by atoms with van der Waals surface area (Å²) >= 11 is 0. The van der Waals surface area contributed by atoms with Gasteiger partial charge in [0.1, 0.15) is 21.4 Å².